The lowest BCUT2D eigenvalue weighted by molar-refractivity contribution is 0.222. The summed E-state index contributed by atoms with van der Waals surface area (Å²) >= 11 is 0. The molecule has 2 unspecified atom stereocenters. The van der Waals surface area contributed by atoms with Crippen LogP contribution in [0, 0.1) is 5.92 Å². The summed E-state index contributed by atoms with van der Waals surface area (Å²) in [6.45, 7) is 2.16. The second-order valence-electron chi connectivity index (χ2n) is 5.99. The summed E-state index contributed by atoms with van der Waals surface area (Å²) < 4.78 is 0. The molecule has 7 heteroatoms. The van der Waals surface area contributed by atoms with Gasteiger partial charge in [0.15, 0.2) is 0 Å². The highest BCUT2D eigenvalue weighted by Gasteiger charge is 2.27. The molecule has 3 rings (SSSR count). The third-order valence-electron chi connectivity index (χ3n) is 4.49. The third kappa shape index (κ3) is 3.34. The van der Waals surface area contributed by atoms with Crippen molar-refractivity contribution in [1.29, 1.82) is 0 Å². The van der Waals surface area contributed by atoms with Crippen LogP contribution in [0.15, 0.2) is 0 Å². The molecule has 0 spiro atoms. The topological polar surface area (TPSA) is 100 Å². The van der Waals surface area contributed by atoms with Crippen molar-refractivity contribution in [3.8, 4) is 0 Å². The van der Waals surface area contributed by atoms with Gasteiger partial charge in [0.2, 0.25) is 17.8 Å². The normalized spacial score (nSPS) is 26.0. The van der Waals surface area contributed by atoms with Crippen molar-refractivity contribution in [2.24, 2.45) is 5.92 Å². The van der Waals surface area contributed by atoms with Crippen molar-refractivity contribution >= 4 is 17.8 Å². The van der Waals surface area contributed by atoms with Crippen LogP contribution < -0.4 is 16.0 Å². The van der Waals surface area contributed by atoms with Crippen LogP contribution in [0.1, 0.15) is 38.5 Å². The predicted octanol–water partition coefficient (Wildman–Crippen LogP) is 1.02. The summed E-state index contributed by atoms with van der Waals surface area (Å²) in [5.41, 5.74) is 5.83. The first-order valence-electron chi connectivity index (χ1n) is 7.90. The van der Waals surface area contributed by atoms with E-state index in [2.05, 4.69) is 25.2 Å². The van der Waals surface area contributed by atoms with Gasteiger partial charge < -0.3 is 21.1 Å². The van der Waals surface area contributed by atoms with E-state index in [0.29, 0.717) is 11.9 Å². The van der Waals surface area contributed by atoms with Gasteiger partial charge in [-0.1, -0.05) is 6.42 Å². The number of anilines is 3. The maximum Gasteiger partial charge on any atom is 0.231 e. The SMILES string of the molecule is Nc1nc(NC2CCCC2CO)nc(N2CCCCC2)n1. The highest BCUT2D eigenvalue weighted by molar-refractivity contribution is 5.42. The summed E-state index contributed by atoms with van der Waals surface area (Å²) in [5, 5.41) is 12.7. The van der Waals surface area contributed by atoms with Crippen molar-refractivity contribution < 1.29 is 5.11 Å². The molecular weight excluding hydrogens is 268 g/mol. The van der Waals surface area contributed by atoms with Gasteiger partial charge in [-0.2, -0.15) is 15.0 Å². The van der Waals surface area contributed by atoms with E-state index in [0.717, 1.165) is 32.4 Å². The molecule has 0 radical (unpaired) electrons. The van der Waals surface area contributed by atoms with E-state index in [4.69, 9.17) is 5.73 Å². The first kappa shape index (κ1) is 14.3. The van der Waals surface area contributed by atoms with E-state index in [1.165, 1.54) is 19.3 Å². The molecule has 2 fully saturated rings. The zero-order valence-electron chi connectivity index (χ0n) is 12.3. The number of piperidine rings is 1. The number of aliphatic hydroxyl groups is 1. The number of nitrogens with two attached hydrogens (primary N) is 1. The van der Waals surface area contributed by atoms with E-state index in [9.17, 15) is 5.11 Å². The van der Waals surface area contributed by atoms with Crippen LogP contribution in [0.3, 0.4) is 0 Å². The Morgan fingerprint density at radius 2 is 1.90 bits per heavy atom. The van der Waals surface area contributed by atoms with Crippen LogP contribution in [0.25, 0.3) is 0 Å². The van der Waals surface area contributed by atoms with E-state index in [1.54, 1.807) is 0 Å². The molecule has 1 saturated heterocycles. The van der Waals surface area contributed by atoms with Crippen LogP contribution in [0.2, 0.25) is 0 Å². The molecule has 4 N–H and O–H groups in total. The van der Waals surface area contributed by atoms with Crippen LogP contribution in [0.4, 0.5) is 17.8 Å². The molecule has 21 heavy (non-hydrogen) atoms. The fraction of sp³-hybridized carbons (Fsp3) is 0.786. The van der Waals surface area contributed by atoms with Gasteiger partial charge in [0, 0.05) is 31.7 Å². The van der Waals surface area contributed by atoms with Crippen LogP contribution >= 0.6 is 0 Å². The number of nitrogens with zero attached hydrogens (tertiary/aromatic N) is 4. The Morgan fingerprint density at radius 1 is 1.10 bits per heavy atom. The fourth-order valence-corrected chi connectivity index (χ4v) is 3.29. The van der Waals surface area contributed by atoms with E-state index < -0.39 is 0 Å². The minimum absolute atomic E-state index is 0.206. The molecule has 0 aromatic carbocycles. The zero-order valence-corrected chi connectivity index (χ0v) is 12.3. The Labute approximate surface area is 125 Å². The molecule has 0 amide bonds. The molecule has 7 nitrogen and oxygen atoms in total. The highest BCUT2D eigenvalue weighted by Crippen LogP contribution is 2.28. The Kier molecular flexibility index (Phi) is 4.38. The zero-order chi connectivity index (χ0) is 14.7. The minimum atomic E-state index is 0.206. The average molecular weight is 292 g/mol. The molecule has 1 saturated carbocycles. The van der Waals surface area contributed by atoms with E-state index >= 15 is 0 Å². The standard InChI is InChI=1S/C14H24N6O/c15-12-17-13(16-11-6-4-5-10(11)9-21)19-14(18-12)20-7-2-1-3-8-20/h10-11,21H,1-9H2,(H3,15,16,17,18,19). The van der Waals surface area contributed by atoms with Gasteiger partial charge in [-0.25, -0.2) is 0 Å². The summed E-state index contributed by atoms with van der Waals surface area (Å²) in [6.07, 6.45) is 6.82. The molecule has 0 bridgehead atoms. The number of nitrogens with one attached hydrogen (secondary N) is 1. The predicted molar refractivity (Wildman–Crippen MR) is 82.1 cm³/mol. The number of aromatic nitrogens is 3. The van der Waals surface area contributed by atoms with Crippen molar-refractivity contribution in [3.63, 3.8) is 0 Å². The monoisotopic (exact) mass is 292 g/mol. The summed E-state index contributed by atoms with van der Waals surface area (Å²) in [7, 11) is 0. The second kappa shape index (κ2) is 6.43. The molecular formula is C14H24N6O. The van der Waals surface area contributed by atoms with Crippen LogP contribution in [-0.2, 0) is 0 Å². The van der Waals surface area contributed by atoms with E-state index in [1.807, 2.05) is 0 Å². The average Bonchev–Trinajstić information content (AvgIpc) is 2.95. The first-order valence-corrected chi connectivity index (χ1v) is 7.90. The van der Waals surface area contributed by atoms with Crippen molar-refractivity contribution in [1.82, 2.24) is 15.0 Å². The lowest BCUT2D eigenvalue weighted by Crippen LogP contribution is -2.32. The summed E-state index contributed by atoms with van der Waals surface area (Å²) in [4.78, 5) is 15.2. The summed E-state index contributed by atoms with van der Waals surface area (Å²) in [6, 6.07) is 0.228. The van der Waals surface area contributed by atoms with Crippen LogP contribution in [-0.4, -0.2) is 45.8 Å². The second-order valence-corrected chi connectivity index (χ2v) is 5.99. The molecule has 2 heterocycles. The van der Waals surface area contributed by atoms with Gasteiger partial charge in [-0.15, -0.1) is 0 Å². The van der Waals surface area contributed by atoms with Gasteiger partial charge >= 0.3 is 0 Å². The highest BCUT2D eigenvalue weighted by atomic mass is 16.3. The third-order valence-corrected chi connectivity index (χ3v) is 4.49. The Hall–Kier alpha value is -1.63. The largest absolute Gasteiger partial charge is 0.396 e. The van der Waals surface area contributed by atoms with Crippen molar-refractivity contribution in [3.05, 3.63) is 0 Å². The molecule has 1 aromatic heterocycles. The number of hydrogen-bond acceptors (Lipinski definition) is 7. The number of aliphatic hydroxyl groups excluding tert-OH is 1. The molecule has 1 aromatic rings. The fourth-order valence-electron chi connectivity index (χ4n) is 3.29. The molecule has 2 atom stereocenters. The smallest absolute Gasteiger partial charge is 0.231 e. The first-order chi connectivity index (χ1) is 10.3. The maximum absolute atomic E-state index is 9.40. The van der Waals surface area contributed by atoms with Gasteiger partial charge in [-0.3, -0.25) is 0 Å². The van der Waals surface area contributed by atoms with Gasteiger partial charge in [-0.05, 0) is 32.1 Å². The van der Waals surface area contributed by atoms with Gasteiger partial charge in [0.05, 0.1) is 0 Å². The van der Waals surface area contributed by atoms with E-state index in [-0.39, 0.29) is 24.5 Å². The van der Waals surface area contributed by atoms with Crippen LogP contribution in [0.5, 0.6) is 0 Å². The van der Waals surface area contributed by atoms with Crippen molar-refractivity contribution in [2.75, 3.05) is 35.6 Å². The lowest BCUT2D eigenvalue weighted by Gasteiger charge is -2.27. The molecule has 2 aliphatic rings. The Bertz CT molecular complexity index is 477. The molecule has 116 valence electrons. The van der Waals surface area contributed by atoms with Gasteiger partial charge in [0.1, 0.15) is 0 Å². The maximum atomic E-state index is 9.40. The van der Waals surface area contributed by atoms with Gasteiger partial charge in [0.25, 0.3) is 0 Å². The lowest BCUT2D eigenvalue weighted by atomic mass is 10.1. The number of rotatable bonds is 4. The Morgan fingerprint density at radius 3 is 2.67 bits per heavy atom. The number of hydrogen-bond donors (Lipinski definition) is 3. The molecule has 1 aliphatic heterocycles. The Balaban J connectivity index is 1.74. The molecule has 1 aliphatic carbocycles. The quantitative estimate of drug-likeness (QED) is 0.761. The summed E-state index contributed by atoms with van der Waals surface area (Å²) in [5.74, 6) is 1.74. The minimum Gasteiger partial charge on any atom is -0.396 e. The van der Waals surface area contributed by atoms with Crippen molar-refractivity contribution in [2.45, 2.75) is 44.6 Å². The number of nitrogen functional groups attached to an aromatic ring is 1.